The molecule has 3 aromatic rings. The summed E-state index contributed by atoms with van der Waals surface area (Å²) in [6, 6.07) is 16.6. The summed E-state index contributed by atoms with van der Waals surface area (Å²) in [4.78, 5) is 12.7. The van der Waals surface area contributed by atoms with Crippen LogP contribution in [-0.4, -0.2) is 14.3 Å². The van der Waals surface area contributed by atoms with Crippen LogP contribution in [-0.2, 0) is 10.0 Å². The fraction of sp³-hybridized carbons (Fsp3) is 0.136. The Morgan fingerprint density at radius 3 is 2.17 bits per heavy atom. The van der Waals surface area contributed by atoms with E-state index >= 15 is 0 Å². The van der Waals surface area contributed by atoms with Crippen molar-refractivity contribution in [1.29, 1.82) is 0 Å². The van der Waals surface area contributed by atoms with Crippen LogP contribution in [0.3, 0.4) is 0 Å². The second kappa shape index (κ2) is 8.27. The summed E-state index contributed by atoms with van der Waals surface area (Å²) < 4.78 is 27.7. The molecule has 0 atom stereocenters. The number of anilines is 2. The Hall–Kier alpha value is -2.83. The van der Waals surface area contributed by atoms with E-state index in [9.17, 15) is 13.2 Å². The molecule has 0 aliphatic carbocycles. The van der Waals surface area contributed by atoms with Gasteiger partial charge in [-0.1, -0.05) is 23.7 Å². The molecule has 150 valence electrons. The fourth-order valence-corrected chi connectivity index (χ4v) is 4.06. The highest BCUT2D eigenvalue weighted by molar-refractivity contribution is 7.92. The molecule has 3 rings (SSSR count). The van der Waals surface area contributed by atoms with E-state index < -0.39 is 10.0 Å². The minimum absolute atomic E-state index is 0.109. The standard InChI is InChI=1S/C22H21ClN2O3S/c1-14-4-5-15(2)21(12-14)24-22(26)17-6-11-20(16(3)13-17)25-29(27,28)19-9-7-18(23)8-10-19/h4-13,25H,1-3H3,(H,24,26). The molecule has 0 aliphatic heterocycles. The highest BCUT2D eigenvalue weighted by atomic mass is 35.5. The highest BCUT2D eigenvalue weighted by Crippen LogP contribution is 2.23. The zero-order chi connectivity index (χ0) is 21.2. The third-order valence-electron chi connectivity index (χ3n) is 4.50. The number of sulfonamides is 1. The van der Waals surface area contributed by atoms with Crippen molar-refractivity contribution < 1.29 is 13.2 Å². The van der Waals surface area contributed by atoms with E-state index in [1.165, 1.54) is 24.3 Å². The van der Waals surface area contributed by atoms with Crippen molar-refractivity contribution in [2.75, 3.05) is 10.0 Å². The van der Waals surface area contributed by atoms with Crippen LogP contribution in [0.25, 0.3) is 0 Å². The van der Waals surface area contributed by atoms with Gasteiger partial charge in [-0.25, -0.2) is 8.42 Å². The van der Waals surface area contributed by atoms with Crippen molar-refractivity contribution in [1.82, 2.24) is 0 Å². The van der Waals surface area contributed by atoms with Gasteiger partial charge in [-0.2, -0.15) is 0 Å². The van der Waals surface area contributed by atoms with Gasteiger partial charge in [0.2, 0.25) is 0 Å². The lowest BCUT2D eigenvalue weighted by molar-refractivity contribution is 0.102. The van der Waals surface area contributed by atoms with Crippen LogP contribution < -0.4 is 10.0 Å². The number of amides is 1. The lowest BCUT2D eigenvalue weighted by Gasteiger charge is -2.13. The number of carbonyl (C=O) groups is 1. The Balaban J connectivity index is 1.80. The highest BCUT2D eigenvalue weighted by Gasteiger charge is 2.16. The number of hydrogen-bond acceptors (Lipinski definition) is 3. The van der Waals surface area contributed by atoms with Crippen LogP contribution >= 0.6 is 11.6 Å². The molecule has 0 heterocycles. The van der Waals surface area contributed by atoms with Crippen molar-refractivity contribution in [2.45, 2.75) is 25.7 Å². The number of aryl methyl sites for hydroxylation is 3. The van der Waals surface area contributed by atoms with Crippen molar-refractivity contribution in [3.63, 3.8) is 0 Å². The Morgan fingerprint density at radius 1 is 0.828 bits per heavy atom. The van der Waals surface area contributed by atoms with Crippen LogP contribution in [0.1, 0.15) is 27.0 Å². The molecule has 2 N–H and O–H groups in total. The summed E-state index contributed by atoms with van der Waals surface area (Å²) in [5.74, 6) is -0.256. The van der Waals surface area contributed by atoms with E-state index in [1.807, 2.05) is 32.0 Å². The Bertz CT molecular complexity index is 1170. The first kappa shape index (κ1) is 20.9. The number of benzene rings is 3. The third-order valence-corrected chi connectivity index (χ3v) is 6.13. The molecule has 0 unspecified atom stereocenters. The largest absolute Gasteiger partial charge is 0.322 e. The van der Waals surface area contributed by atoms with Crippen LogP contribution in [0, 0.1) is 20.8 Å². The number of hydrogen-bond donors (Lipinski definition) is 2. The first-order valence-electron chi connectivity index (χ1n) is 8.93. The average molecular weight is 429 g/mol. The zero-order valence-electron chi connectivity index (χ0n) is 16.3. The minimum atomic E-state index is -3.75. The molecule has 29 heavy (non-hydrogen) atoms. The predicted molar refractivity (Wildman–Crippen MR) is 117 cm³/mol. The number of rotatable bonds is 5. The van der Waals surface area contributed by atoms with Gasteiger partial charge >= 0.3 is 0 Å². The van der Waals surface area contributed by atoms with Gasteiger partial charge in [-0.05, 0) is 86.0 Å². The smallest absolute Gasteiger partial charge is 0.261 e. The van der Waals surface area contributed by atoms with Gasteiger partial charge in [0.15, 0.2) is 0 Å². The molecule has 0 bridgehead atoms. The molecule has 0 radical (unpaired) electrons. The minimum Gasteiger partial charge on any atom is -0.322 e. The predicted octanol–water partition coefficient (Wildman–Crippen LogP) is 5.32. The van der Waals surface area contributed by atoms with Crippen molar-refractivity contribution >= 4 is 38.9 Å². The molecule has 0 aromatic heterocycles. The Labute approximate surface area is 175 Å². The normalized spacial score (nSPS) is 11.2. The van der Waals surface area contributed by atoms with Crippen molar-refractivity contribution in [3.05, 3.63) is 87.9 Å². The van der Waals surface area contributed by atoms with Gasteiger partial charge in [0.1, 0.15) is 0 Å². The third kappa shape index (κ3) is 4.96. The first-order valence-corrected chi connectivity index (χ1v) is 10.8. The SMILES string of the molecule is Cc1ccc(C)c(NC(=O)c2ccc(NS(=O)(=O)c3ccc(Cl)cc3)c(C)c2)c1. The summed E-state index contributed by atoms with van der Waals surface area (Å²) in [5, 5.41) is 3.36. The second-order valence-corrected chi connectivity index (χ2v) is 8.98. The molecule has 0 saturated heterocycles. The molecule has 0 aliphatic rings. The molecule has 1 amide bonds. The number of nitrogens with one attached hydrogen (secondary N) is 2. The lowest BCUT2D eigenvalue weighted by atomic mass is 10.1. The van der Waals surface area contributed by atoms with E-state index in [-0.39, 0.29) is 10.8 Å². The lowest BCUT2D eigenvalue weighted by Crippen LogP contribution is -2.15. The van der Waals surface area contributed by atoms with Gasteiger partial charge < -0.3 is 5.32 Å². The summed E-state index contributed by atoms with van der Waals surface area (Å²) in [6.07, 6.45) is 0. The molecular weight excluding hydrogens is 408 g/mol. The van der Waals surface area contributed by atoms with E-state index in [1.54, 1.807) is 25.1 Å². The maximum Gasteiger partial charge on any atom is 0.261 e. The zero-order valence-corrected chi connectivity index (χ0v) is 17.9. The molecule has 3 aromatic carbocycles. The van der Waals surface area contributed by atoms with Gasteiger partial charge in [-0.15, -0.1) is 0 Å². The van der Waals surface area contributed by atoms with Crippen LogP contribution in [0.15, 0.2) is 65.6 Å². The van der Waals surface area contributed by atoms with Crippen LogP contribution in [0.4, 0.5) is 11.4 Å². The molecule has 5 nitrogen and oxygen atoms in total. The monoisotopic (exact) mass is 428 g/mol. The first-order chi connectivity index (χ1) is 13.7. The summed E-state index contributed by atoms with van der Waals surface area (Å²) in [5.41, 5.74) is 4.25. The van der Waals surface area contributed by atoms with E-state index in [4.69, 9.17) is 11.6 Å². The van der Waals surface area contributed by atoms with Gasteiger partial charge in [0.05, 0.1) is 10.6 Å². The fourth-order valence-electron chi connectivity index (χ4n) is 2.80. The quantitative estimate of drug-likeness (QED) is 0.577. The second-order valence-electron chi connectivity index (χ2n) is 6.86. The number of carbonyl (C=O) groups excluding carboxylic acids is 1. The summed E-state index contributed by atoms with van der Waals surface area (Å²) in [6.45, 7) is 5.63. The molecular formula is C22H21ClN2O3S. The molecule has 0 spiro atoms. The summed E-state index contributed by atoms with van der Waals surface area (Å²) in [7, 11) is -3.75. The Kier molecular flexibility index (Phi) is 5.96. The topological polar surface area (TPSA) is 75.3 Å². The van der Waals surface area contributed by atoms with Gasteiger partial charge in [0.25, 0.3) is 15.9 Å². The number of halogens is 1. The maximum absolute atomic E-state index is 12.6. The maximum atomic E-state index is 12.6. The van der Waals surface area contributed by atoms with Crippen LogP contribution in [0.2, 0.25) is 5.02 Å². The van der Waals surface area contributed by atoms with Gasteiger partial charge in [-0.3, -0.25) is 9.52 Å². The van der Waals surface area contributed by atoms with E-state index in [0.717, 1.165) is 16.8 Å². The molecule has 0 fully saturated rings. The van der Waals surface area contributed by atoms with E-state index in [0.29, 0.717) is 21.8 Å². The Morgan fingerprint density at radius 2 is 1.52 bits per heavy atom. The van der Waals surface area contributed by atoms with Crippen molar-refractivity contribution in [3.8, 4) is 0 Å². The summed E-state index contributed by atoms with van der Waals surface area (Å²) >= 11 is 5.82. The van der Waals surface area contributed by atoms with Crippen LogP contribution in [0.5, 0.6) is 0 Å². The van der Waals surface area contributed by atoms with Gasteiger partial charge in [0, 0.05) is 16.3 Å². The molecule has 0 saturated carbocycles. The average Bonchev–Trinajstić information content (AvgIpc) is 2.66. The molecule has 7 heteroatoms. The van der Waals surface area contributed by atoms with Crippen molar-refractivity contribution in [2.24, 2.45) is 0 Å². The van der Waals surface area contributed by atoms with E-state index in [2.05, 4.69) is 10.0 Å².